The Kier molecular flexibility index (Phi) is 5.59. The number of carbonyl (C=O) groups excluding carboxylic acids is 1. The highest BCUT2D eigenvalue weighted by Crippen LogP contribution is 2.43. The molecule has 0 aliphatic carbocycles. The van der Waals surface area contributed by atoms with E-state index in [1.807, 2.05) is 24.3 Å². The second-order valence-corrected chi connectivity index (χ2v) is 9.76. The molecular formula is C23H28N2O4S. The zero-order valence-electron chi connectivity index (χ0n) is 17.4. The van der Waals surface area contributed by atoms with Gasteiger partial charge in [-0.3, -0.25) is 4.79 Å². The molecule has 30 heavy (non-hydrogen) atoms. The van der Waals surface area contributed by atoms with Gasteiger partial charge in [-0.05, 0) is 49.6 Å². The summed E-state index contributed by atoms with van der Waals surface area (Å²) in [6.07, 6.45) is 3.56. The Hall–Kier alpha value is -2.38. The lowest BCUT2D eigenvalue weighted by Crippen LogP contribution is -2.44. The highest BCUT2D eigenvalue weighted by atomic mass is 32.2. The van der Waals surface area contributed by atoms with Gasteiger partial charge in [0.2, 0.25) is 15.9 Å². The molecule has 1 atom stereocenters. The summed E-state index contributed by atoms with van der Waals surface area (Å²) in [5.74, 6) is 0.820. The number of hydrogen-bond donors (Lipinski definition) is 1. The van der Waals surface area contributed by atoms with Crippen LogP contribution in [0.1, 0.15) is 57.6 Å². The van der Waals surface area contributed by atoms with Gasteiger partial charge < -0.3 is 9.64 Å². The van der Waals surface area contributed by atoms with Gasteiger partial charge in [0.15, 0.2) is 0 Å². The minimum absolute atomic E-state index is 0.0815. The van der Waals surface area contributed by atoms with Crippen molar-refractivity contribution in [3.8, 4) is 5.75 Å². The van der Waals surface area contributed by atoms with E-state index in [1.165, 1.54) is 0 Å². The highest BCUT2D eigenvalue weighted by Gasteiger charge is 2.40. The molecule has 1 amide bonds. The van der Waals surface area contributed by atoms with E-state index in [2.05, 4.69) is 18.6 Å². The number of ether oxygens (including phenoxy) is 1. The monoisotopic (exact) mass is 428 g/mol. The standard InChI is InChI=1S/C23H28N2O4S/c1-3-23(4-2)16-20(19-8-5-6-9-21(19)29-23)24-30(27,28)18-13-11-17(12-14-18)25-15-7-10-22(25)26/h5-6,8-9,11-14,20,24H,3-4,7,10,15-16H2,1-2H3. The van der Waals surface area contributed by atoms with Crippen molar-refractivity contribution in [3.05, 3.63) is 54.1 Å². The Morgan fingerprint density at radius 2 is 1.80 bits per heavy atom. The van der Waals surface area contributed by atoms with Crippen LogP contribution in [0.25, 0.3) is 0 Å². The maximum absolute atomic E-state index is 13.2. The van der Waals surface area contributed by atoms with Crippen molar-refractivity contribution in [2.75, 3.05) is 11.4 Å². The molecular weight excluding hydrogens is 400 g/mol. The maximum Gasteiger partial charge on any atom is 0.241 e. The highest BCUT2D eigenvalue weighted by molar-refractivity contribution is 7.89. The molecule has 1 fully saturated rings. The second-order valence-electron chi connectivity index (χ2n) is 8.05. The van der Waals surface area contributed by atoms with E-state index >= 15 is 0 Å². The molecule has 7 heteroatoms. The van der Waals surface area contributed by atoms with Gasteiger partial charge in [0, 0.05) is 30.6 Å². The maximum atomic E-state index is 13.2. The first kappa shape index (κ1) is 20.9. The summed E-state index contributed by atoms with van der Waals surface area (Å²) in [4.78, 5) is 13.8. The zero-order valence-corrected chi connectivity index (χ0v) is 18.2. The Labute approximate surface area is 178 Å². The number of carbonyl (C=O) groups is 1. The van der Waals surface area contributed by atoms with Crippen molar-refractivity contribution in [3.63, 3.8) is 0 Å². The van der Waals surface area contributed by atoms with Crippen molar-refractivity contribution in [1.29, 1.82) is 0 Å². The molecule has 2 heterocycles. The number of anilines is 1. The van der Waals surface area contributed by atoms with Gasteiger partial charge in [-0.15, -0.1) is 0 Å². The molecule has 2 aliphatic heterocycles. The van der Waals surface area contributed by atoms with E-state index in [9.17, 15) is 13.2 Å². The number of para-hydroxylation sites is 1. The molecule has 2 aliphatic rings. The van der Waals surface area contributed by atoms with Crippen LogP contribution in [0.4, 0.5) is 5.69 Å². The number of nitrogens with zero attached hydrogens (tertiary/aromatic N) is 1. The number of rotatable bonds is 6. The average Bonchev–Trinajstić information content (AvgIpc) is 3.19. The van der Waals surface area contributed by atoms with Gasteiger partial charge in [-0.25, -0.2) is 13.1 Å². The lowest BCUT2D eigenvalue weighted by molar-refractivity contribution is -0.117. The SMILES string of the molecule is CCC1(CC)CC(NS(=O)(=O)c2ccc(N3CCCC3=O)cc2)c2ccccc2O1. The molecule has 0 radical (unpaired) electrons. The van der Waals surface area contributed by atoms with Crippen LogP contribution in [0, 0.1) is 0 Å². The van der Waals surface area contributed by atoms with E-state index in [1.54, 1.807) is 29.2 Å². The first-order valence-electron chi connectivity index (χ1n) is 10.6. The summed E-state index contributed by atoms with van der Waals surface area (Å²) >= 11 is 0. The van der Waals surface area contributed by atoms with Gasteiger partial charge in [0.1, 0.15) is 11.4 Å². The Balaban J connectivity index is 1.60. The smallest absolute Gasteiger partial charge is 0.241 e. The van der Waals surface area contributed by atoms with Crippen molar-refractivity contribution >= 4 is 21.6 Å². The molecule has 1 saturated heterocycles. The van der Waals surface area contributed by atoms with E-state index < -0.39 is 10.0 Å². The summed E-state index contributed by atoms with van der Waals surface area (Å²) < 4.78 is 35.5. The molecule has 2 aromatic carbocycles. The minimum Gasteiger partial charge on any atom is -0.487 e. The van der Waals surface area contributed by atoms with Gasteiger partial charge in [0.25, 0.3) is 0 Å². The fourth-order valence-electron chi connectivity index (χ4n) is 4.39. The molecule has 0 aromatic heterocycles. The van der Waals surface area contributed by atoms with Crippen LogP contribution < -0.4 is 14.4 Å². The quantitative estimate of drug-likeness (QED) is 0.749. The van der Waals surface area contributed by atoms with Gasteiger partial charge >= 0.3 is 0 Å². The minimum atomic E-state index is -3.73. The molecule has 0 spiro atoms. The number of hydrogen-bond acceptors (Lipinski definition) is 4. The van der Waals surface area contributed by atoms with Crippen LogP contribution in [0.2, 0.25) is 0 Å². The number of amides is 1. The summed E-state index contributed by atoms with van der Waals surface area (Å²) in [5.41, 5.74) is 1.21. The van der Waals surface area contributed by atoms with Crippen LogP contribution in [-0.2, 0) is 14.8 Å². The number of nitrogens with one attached hydrogen (secondary N) is 1. The van der Waals surface area contributed by atoms with Crippen LogP contribution in [0.15, 0.2) is 53.4 Å². The summed E-state index contributed by atoms with van der Waals surface area (Å²) in [5, 5.41) is 0. The third kappa shape index (κ3) is 3.84. The number of sulfonamides is 1. The lowest BCUT2D eigenvalue weighted by Gasteiger charge is -2.41. The largest absolute Gasteiger partial charge is 0.487 e. The summed E-state index contributed by atoms with van der Waals surface area (Å²) in [6, 6.07) is 13.8. The molecule has 2 aromatic rings. The first-order valence-corrected chi connectivity index (χ1v) is 12.1. The van der Waals surface area contributed by atoms with Crippen molar-refractivity contribution in [2.45, 2.75) is 62.5 Å². The average molecular weight is 429 g/mol. The van der Waals surface area contributed by atoms with Crippen LogP contribution in [-0.4, -0.2) is 26.5 Å². The first-order chi connectivity index (χ1) is 14.4. The Bertz CT molecular complexity index is 1030. The molecule has 160 valence electrons. The zero-order chi connectivity index (χ0) is 21.4. The van der Waals surface area contributed by atoms with Crippen molar-refractivity contribution in [1.82, 2.24) is 4.72 Å². The summed E-state index contributed by atoms with van der Waals surface area (Å²) in [7, 11) is -3.73. The Morgan fingerprint density at radius 3 is 2.43 bits per heavy atom. The number of fused-ring (bicyclic) bond motifs is 1. The Morgan fingerprint density at radius 1 is 1.10 bits per heavy atom. The van der Waals surface area contributed by atoms with E-state index in [0.29, 0.717) is 19.4 Å². The molecule has 1 N–H and O–H groups in total. The fraction of sp³-hybridized carbons (Fsp3) is 0.435. The third-order valence-corrected chi connectivity index (χ3v) is 7.80. The van der Waals surface area contributed by atoms with Crippen molar-refractivity contribution < 1.29 is 17.9 Å². The normalized spacial score (nSPS) is 20.7. The van der Waals surface area contributed by atoms with E-state index in [-0.39, 0.29) is 22.4 Å². The van der Waals surface area contributed by atoms with E-state index in [4.69, 9.17) is 4.74 Å². The van der Waals surface area contributed by atoms with Gasteiger partial charge in [0.05, 0.1) is 10.9 Å². The molecule has 1 unspecified atom stereocenters. The predicted octanol–water partition coefficient (Wildman–Crippen LogP) is 4.17. The van der Waals surface area contributed by atoms with Crippen molar-refractivity contribution in [2.24, 2.45) is 0 Å². The third-order valence-electron chi connectivity index (χ3n) is 6.32. The second kappa shape index (κ2) is 8.04. The fourth-order valence-corrected chi connectivity index (χ4v) is 5.60. The van der Waals surface area contributed by atoms with Gasteiger partial charge in [-0.1, -0.05) is 32.0 Å². The molecule has 4 rings (SSSR count). The molecule has 6 nitrogen and oxygen atoms in total. The molecule has 0 bridgehead atoms. The molecule has 0 saturated carbocycles. The van der Waals surface area contributed by atoms with Crippen LogP contribution in [0.3, 0.4) is 0 Å². The summed E-state index contributed by atoms with van der Waals surface area (Å²) in [6.45, 7) is 4.82. The van der Waals surface area contributed by atoms with E-state index in [0.717, 1.165) is 36.3 Å². The van der Waals surface area contributed by atoms with Crippen LogP contribution in [0.5, 0.6) is 5.75 Å². The lowest BCUT2D eigenvalue weighted by atomic mass is 9.84. The van der Waals surface area contributed by atoms with Gasteiger partial charge in [-0.2, -0.15) is 0 Å². The van der Waals surface area contributed by atoms with Crippen LogP contribution >= 0.6 is 0 Å². The number of benzene rings is 2. The predicted molar refractivity (Wildman–Crippen MR) is 116 cm³/mol. The topological polar surface area (TPSA) is 75.7 Å².